The van der Waals surface area contributed by atoms with Crippen molar-refractivity contribution >= 4 is 23.5 Å². The molecule has 7 nitrogen and oxygen atoms in total. The third kappa shape index (κ3) is 5.60. The fourth-order valence-corrected chi connectivity index (χ4v) is 4.90. The smallest absolute Gasteiger partial charge is 0.311 e. The number of esters is 1. The van der Waals surface area contributed by atoms with Gasteiger partial charge in [-0.25, -0.2) is 0 Å². The third-order valence-electron chi connectivity index (χ3n) is 6.90. The molecule has 198 valence electrons. The van der Waals surface area contributed by atoms with Gasteiger partial charge in [0.2, 0.25) is 0 Å². The molecule has 1 aliphatic rings. The summed E-state index contributed by atoms with van der Waals surface area (Å²) >= 11 is 0. The van der Waals surface area contributed by atoms with E-state index < -0.39 is 41.3 Å². The van der Waals surface area contributed by atoms with Crippen molar-refractivity contribution in [1.82, 2.24) is 0 Å². The topological polar surface area (TPSA) is 107 Å². The third-order valence-corrected chi connectivity index (χ3v) is 6.90. The lowest BCUT2D eigenvalue weighted by Crippen LogP contribution is -2.37. The Bertz CT molecular complexity index is 1170. The van der Waals surface area contributed by atoms with Gasteiger partial charge < -0.3 is 14.6 Å². The van der Waals surface area contributed by atoms with Gasteiger partial charge in [-0.15, -0.1) is 0 Å². The van der Waals surface area contributed by atoms with Crippen LogP contribution >= 0.6 is 0 Å². The molecule has 0 aliphatic heterocycles. The minimum atomic E-state index is -1.37. The van der Waals surface area contributed by atoms with E-state index in [1.165, 1.54) is 12.1 Å². The van der Waals surface area contributed by atoms with Crippen molar-refractivity contribution in [1.29, 1.82) is 0 Å². The first-order chi connectivity index (χ1) is 17.1. The van der Waals surface area contributed by atoms with Crippen molar-refractivity contribution < 1.29 is 33.8 Å². The Morgan fingerprint density at radius 1 is 0.919 bits per heavy atom. The highest BCUT2D eigenvalue weighted by Gasteiger charge is 2.48. The second-order valence-corrected chi connectivity index (χ2v) is 11.8. The van der Waals surface area contributed by atoms with E-state index >= 15 is 0 Å². The molecule has 3 rings (SSSR count). The highest BCUT2D eigenvalue weighted by Crippen LogP contribution is 2.43. The van der Waals surface area contributed by atoms with Crippen molar-refractivity contribution in [3.63, 3.8) is 0 Å². The summed E-state index contributed by atoms with van der Waals surface area (Å²) in [4.78, 5) is 51.5. The molecule has 0 amide bonds. The lowest BCUT2D eigenvalue weighted by Gasteiger charge is -2.30. The molecule has 2 aromatic carbocycles. The number of carboxylic acids is 1. The second-order valence-electron chi connectivity index (χ2n) is 11.8. The molecule has 0 spiro atoms. The van der Waals surface area contributed by atoms with Gasteiger partial charge in [0.25, 0.3) is 0 Å². The van der Waals surface area contributed by atoms with Crippen LogP contribution in [0.25, 0.3) is 0 Å². The van der Waals surface area contributed by atoms with Crippen LogP contribution in [0.2, 0.25) is 0 Å². The first-order valence-electron chi connectivity index (χ1n) is 12.4. The highest BCUT2D eigenvalue weighted by atomic mass is 16.5. The molecule has 2 aromatic rings. The van der Waals surface area contributed by atoms with Crippen LogP contribution in [-0.4, -0.2) is 35.7 Å². The zero-order valence-corrected chi connectivity index (χ0v) is 22.8. The molecule has 0 aromatic heterocycles. The molecule has 0 radical (unpaired) electrons. The predicted octanol–water partition coefficient (Wildman–Crippen LogP) is 5.62. The van der Waals surface area contributed by atoms with Gasteiger partial charge >= 0.3 is 11.9 Å². The number of Topliss-reactive ketones (excluding diaryl/α,β-unsaturated/α-hetero) is 2. The number of benzene rings is 2. The number of rotatable bonds is 7. The number of carbonyl (C=O) groups excluding carboxylic acids is 3. The minimum Gasteiger partial charge on any atom is -0.497 e. The fourth-order valence-electron chi connectivity index (χ4n) is 4.90. The minimum absolute atomic E-state index is 0.224. The summed E-state index contributed by atoms with van der Waals surface area (Å²) in [5.74, 6) is -5.45. The maximum Gasteiger partial charge on any atom is 0.311 e. The molecule has 2 atom stereocenters. The van der Waals surface area contributed by atoms with E-state index in [0.29, 0.717) is 11.5 Å². The molecule has 0 heterocycles. The first kappa shape index (κ1) is 28.1. The maximum absolute atomic E-state index is 13.2. The first-order valence-corrected chi connectivity index (χ1v) is 12.4. The van der Waals surface area contributed by atoms with E-state index in [0.717, 1.165) is 11.1 Å². The van der Waals surface area contributed by atoms with Crippen LogP contribution in [0.4, 0.5) is 0 Å². The summed E-state index contributed by atoms with van der Waals surface area (Å²) in [5.41, 5.74) is 1.25. The average Bonchev–Trinajstić information content (AvgIpc) is 3.03. The SMILES string of the molecule is COc1cc(C(C)(C)C)c(OC(=O)C[C@@H](C)[C@H](C(=O)O)C2C(=O)c3ccccc3C2=O)c(C(C)(C)C)c1. The Morgan fingerprint density at radius 2 is 1.38 bits per heavy atom. The fraction of sp³-hybridized carbons (Fsp3) is 0.467. The molecule has 0 saturated carbocycles. The maximum atomic E-state index is 13.2. The van der Waals surface area contributed by atoms with E-state index in [4.69, 9.17) is 9.47 Å². The highest BCUT2D eigenvalue weighted by molar-refractivity contribution is 6.27. The van der Waals surface area contributed by atoms with Gasteiger partial charge in [0.1, 0.15) is 11.5 Å². The summed E-state index contributed by atoms with van der Waals surface area (Å²) < 4.78 is 11.5. The van der Waals surface area contributed by atoms with Crippen molar-refractivity contribution in [2.45, 2.75) is 65.7 Å². The van der Waals surface area contributed by atoms with Crippen LogP contribution in [0, 0.1) is 17.8 Å². The van der Waals surface area contributed by atoms with Gasteiger partial charge in [0, 0.05) is 28.7 Å². The number of hydrogen-bond donors (Lipinski definition) is 1. The summed E-state index contributed by atoms with van der Waals surface area (Å²) in [6.07, 6.45) is -0.274. The number of ether oxygens (including phenoxy) is 2. The monoisotopic (exact) mass is 508 g/mol. The summed E-state index contributed by atoms with van der Waals surface area (Å²) in [7, 11) is 1.58. The Balaban J connectivity index is 1.93. The average molecular weight is 509 g/mol. The number of hydrogen-bond acceptors (Lipinski definition) is 6. The zero-order chi connectivity index (χ0) is 27.9. The van der Waals surface area contributed by atoms with Crippen LogP contribution in [0.1, 0.15) is 86.7 Å². The largest absolute Gasteiger partial charge is 0.497 e. The van der Waals surface area contributed by atoms with Gasteiger partial charge in [-0.2, -0.15) is 0 Å². The molecule has 0 saturated heterocycles. The molecule has 1 N–H and O–H groups in total. The Morgan fingerprint density at radius 3 is 1.76 bits per heavy atom. The van der Waals surface area contributed by atoms with E-state index in [1.807, 2.05) is 53.7 Å². The molecular weight excluding hydrogens is 472 g/mol. The van der Waals surface area contributed by atoms with Crippen LogP contribution in [0.5, 0.6) is 11.5 Å². The van der Waals surface area contributed by atoms with Gasteiger partial charge in [-0.3, -0.25) is 19.2 Å². The zero-order valence-electron chi connectivity index (χ0n) is 22.8. The number of ketones is 2. The Kier molecular flexibility index (Phi) is 7.68. The van der Waals surface area contributed by atoms with E-state index in [-0.39, 0.29) is 28.4 Å². The molecule has 37 heavy (non-hydrogen) atoms. The normalized spacial score (nSPS) is 15.8. The lowest BCUT2D eigenvalue weighted by molar-refractivity contribution is -0.145. The second kappa shape index (κ2) is 10.1. The number of carbonyl (C=O) groups is 4. The van der Waals surface area contributed by atoms with Crippen LogP contribution in [0.3, 0.4) is 0 Å². The van der Waals surface area contributed by atoms with Gasteiger partial charge in [-0.1, -0.05) is 72.7 Å². The van der Waals surface area contributed by atoms with Crippen LogP contribution in [-0.2, 0) is 20.4 Å². The lowest BCUT2D eigenvalue weighted by atomic mass is 9.78. The molecule has 0 unspecified atom stereocenters. The Hall–Kier alpha value is -3.48. The van der Waals surface area contributed by atoms with E-state index in [2.05, 4.69) is 0 Å². The quantitative estimate of drug-likeness (QED) is 0.294. The van der Waals surface area contributed by atoms with Gasteiger partial charge in [0.05, 0.1) is 18.9 Å². The number of carboxylic acid groups (broad SMARTS) is 1. The summed E-state index contributed by atoms with van der Waals surface area (Å²) in [6.45, 7) is 13.6. The number of methoxy groups -OCH3 is 1. The molecule has 0 fully saturated rings. The van der Waals surface area contributed by atoms with Crippen molar-refractivity contribution in [3.05, 3.63) is 58.7 Å². The van der Waals surface area contributed by atoms with E-state index in [1.54, 1.807) is 26.2 Å². The molecule has 0 bridgehead atoms. The number of fused-ring (bicyclic) bond motifs is 1. The molecule has 1 aliphatic carbocycles. The Labute approximate surface area is 218 Å². The van der Waals surface area contributed by atoms with Gasteiger partial charge in [0.15, 0.2) is 11.6 Å². The van der Waals surface area contributed by atoms with Crippen LogP contribution in [0.15, 0.2) is 36.4 Å². The molecule has 7 heteroatoms. The molecular formula is C30H36O7. The van der Waals surface area contributed by atoms with Crippen molar-refractivity contribution in [2.24, 2.45) is 17.8 Å². The van der Waals surface area contributed by atoms with Crippen LogP contribution < -0.4 is 9.47 Å². The standard InChI is InChI=1S/C30H36O7/c1-16(23(28(34)35)24-25(32)18-11-9-10-12-19(18)26(24)33)13-22(31)37-27-20(29(2,3)4)14-17(36-8)15-21(27)30(5,6)7/h9-12,14-16,23-24H,13H2,1-8H3,(H,34,35)/t16-,23+/m1/s1. The summed E-state index contributed by atoms with van der Waals surface area (Å²) in [5, 5.41) is 10.0. The predicted molar refractivity (Wildman–Crippen MR) is 140 cm³/mol. The van der Waals surface area contributed by atoms with Crippen molar-refractivity contribution in [2.75, 3.05) is 7.11 Å². The van der Waals surface area contributed by atoms with E-state index in [9.17, 15) is 24.3 Å². The van der Waals surface area contributed by atoms with Crippen molar-refractivity contribution in [3.8, 4) is 11.5 Å². The summed E-state index contributed by atoms with van der Waals surface area (Å²) in [6, 6.07) is 10.0. The number of aliphatic carboxylic acids is 1. The van der Waals surface area contributed by atoms with Gasteiger partial charge in [-0.05, 0) is 28.9 Å².